The summed E-state index contributed by atoms with van der Waals surface area (Å²) in [5.41, 5.74) is 21.0. The number of aliphatic carboxylic acids is 2. The molecule has 0 aliphatic heterocycles. The summed E-state index contributed by atoms with van der Waals surface area (Å²) in [7, 11) is 0. The number of aliphatic imine (C=N–C) groups is 1. The first-order chi connectivity index (χ1) is 16.3. The predicted octanol–water partition coefficient (Wildman–Crippen LogP) is -4.42. The number of primary amides is 1. The van der Waals surface area contributed by atoms with Crippen molar-refractivity contribution in [1.29, 1.82) is 0 Å². The molecule has 0 fully saturated rings. The average molecular weight is 521 g/mol. The molecule has 0 radical (unpaired) electrons. The molecule has 198 valence electrons. The Morgan fingerprint density at radius 2 is 1.37 bits per heavy atom. The molecule has 0 rings (SSSR count). The number of guanidine groups is 1. The number of nitrogens with zero attached hydrogens (tertiary/aromatic N) is 1. The minimum atomic E-state index is -1.44. The Kier molecular flexibility index (Phi) is 14.4. The molecule has 0 aliphatic rings. The first kappa shape index (κ1) is 31.4. The molecule has 0 aromatic carbocycles. The lowest BCUT2D eigenvalue weighted by atomic mass is 10.1. The fraction of sp³-hybridized carbons (Fsp3) is 0.611. The fourth-order valence-corrected chi connectivity index (χ4v) is 2.87. The van der Waals surface area contributed by atoms with Crippen LogP contribution in [0.4, 0.5) is 0 Å². The van der Waals surface area contributed by atoms with E-state index in [2.05, 4.69) is 33.6 Å². The summed E-state index contributed by atoms with van der Waals surface area (Å²) in [6, 6.07) is -5.49. The van der Waals surface area contributed by atoms with Gasteiger partial charge in [-0.15, -0.1) is 0 Å². The molecular weight excluding hydrogens is 488 g/mol. The van der Waals surface area contributed by atoms with Gasteiger partial charge < -0.3 is 49.1 Å². The highest BCUT2D eigenvalue weighted by atomic mass is 32.1. The molecule has 0 saturated heterocycles. The van der Waals surface area contributed by atoms with E-state index in [0.29, 0.717) is 0 Å². The SMILES string of the molecule is NC(=O)CCC(NC(=O)C(CS)NC(=O)C(N)CC(=O)O)C(=O)NC(CCCN=C(N)N)C(=O)O. The van der Waals surface area contributed by atoms with Gasteiger partial charge in [-0.3, -0.25) is 29.0 Å². The third-order valence-electron chi connectivity index (χ3n) is 4.42. The van der Waals surface area contributed by atoms with Crippen LogP contribution in [0.25, 0.3) is 0 Å². The fourth-order valence-electron chi connectivity index (χ4n) is 2.61. The molecule has 4 amide bonds. The maximum atomic E-state index is 12.7. The van der Waals surface area contributed by atoms with Crippen LogP contribution in [0.15, 0.2) is 4.99 Å². The second-order valence-electron chi connectivity index (χ2n) is 7.36. The van der Waals surface area contributed by atoms with Crippen LogP contribution in [-0.2, 0) is 28.8 Å². The minimum absolute atomic E-state index is 0.0366. The van der Waals surface area contributed by atoms with Gasteiger partial charge in [-0.1, -0.05) is 0 Å². The maximum Gasteiger partial charge on any atom is 0.326 e. The molecule has 0 spiro atoms. The van der Waals surface area contributed by atoms with Crippen molar-refractivity contribution in [2.24, 2.45) is 27.9 Å². The second-order valence-corrected chi connectivity index (χ2v) is 7.73. The summed E-state index contributed by atoms with van der Waals surface area (Å²) in [6.07, 6.45) is -1.08. The molecule has 0 bridgehead atoms. The topological polar surface area (TPSA) is 295 Å². The number of carboxylic acids is 2. The number of carbonyl (C=O) groups excluding carboxylic acids is 4. The quantitative estimate of drug-likeness (QED) is 0.0377. The molecule has 0 aromatic heterocycles. The Hall–Kier alpha value is -3.60. The van der Waals surface area contributed by atoms with E-state index in [4.69, 9.17) is 28.0 Å². The number of carboxylic acid groups (broad SMARTS) is 2. The van der Waals surface area contributed by atoms with Crippen LogP contribution in [-0.4, -0.2) is 88.2 Å². The Morgan fingerprint density at radius 1 is 0.829 bits per heavy atom. The maximum absolute atomic E-state index is 12.7. The molecule has 4 unspecified atom stereocenters. The summed E-state index contributed by atoms with van der Waals surface area (Å²) in [6.45, 7) is 0.122. The third kappa shape index (κ3) is 13.6. The van der Waals surface area contributed by atoms with Crippen LogP contribution in [0.5, 0.6) is 0 Å². The zero-order valence-electron chi connectivity index (χ0n) is 18.8. The minimum Gasteiger partial charge on any atom is -0.481 e. The molecule has 0 aromatic rings. The summed E-state index contributed by atoms with van der Waals surface area (Å²) in [4.78, 5) is 74.5. The van der Waals surface area contributed by atoms with Crippen LogP contribution in [0.2, 0.25) is 0 Å². The van der Waals surface area contributed by atoms with Crippen molar-refractivity contribution in [3.63, 3.8) is 0 Å². The summed E-state index contributed by atoms with van der Waals surface area (Å²) < 4.78 is 0. The molecule has 0 saturated carbocycles. The van der Waals surface area contributed by atoms with Crippen molar-refractivity contribution in [1.82, 2.24) is 16.0 Å². The molecule has 4 atom stereocenters. The Labute approximate surface area is 206 Å². The van der Waals surface area contributed by atoms with Gasteiger partial charge in [-0.25, -0.2) is 4.79 Å². The van der Waals surface area contributed by atoms with E-state index < -0.39 is 66.2 Å². The number of rotatable bonds is 17. The number of hydrogen-bond acceptors (Lipinski definition) is 9. The van der Waals surface area contributed by atoms with E-state index >= 15 is 0 Å². The predicted molar refractivity (Wildman–Crippen MR) is 126 cm³/mol. The van der Waals surface area contributed by atoms with Gasteiger partial charge >= 0.3 is 11.9 Å². The Balaban J connectivity index is 5.34. The van der Waals surface area contributed by atoms with Crippen LogP contribution >= 0.6 is 12.6 Å². The van der Waals surface area contributed by atoms with E-state index in [1.165, 1.54) is 0 Å². The average Bonchev–Trinajstić information content (AvgIpc) is 2.75. The van der Waals surface area contributed by atoms with E-state index in [0.717, 1.165) is 0 Å². The van der Waals surface area contributed by atoms with Gasteiger partial charge in [-0.2, -0.15) is 12.6 Å². The van der Waals surface area contributed by atoms with E-state index in [9.17, 15) is 33.9 Å². The Bertz CT molecular complexity index is 820. The number of carbonyl (C=O) groups is 6. The zero-order chi connectivity index (χ0) is 27.1. The number of nitrogens with two attached hydrogens (primary N) is 4. The molecule has 35 heavy (non-hydrogen) atoms. The molecule has 0 aliphatic carbocycles. The Morgan fingerprint density at radius 3 is 1.86 bits per heavy atom. The normalized spacial score (nSPS) is 13.9. The van der Waals surface area contributed by atoms with Crippen molar-refractivity contribution in [2.75, 3.05) is 12.3 Å². The lowest BCUT2D eigenvalue weighted by Gasteiger charge is -2.24. The van der Waals surface area contributed by atoms with Gasteiger partial charge in [0.05, 0.1) is 12.5 Å². The zero-order valence-corrected chi connectivity index (χ0v) is 19.7. The van der Waals surface area contributed by atoms with Crippen molar-refractivity contribution < 1.29 is 39.0 Å². The standard InChI is InChI=1S/C18H32N8O8S/c19-8(6-13(28)29)14(30)26-11(7-35)16(32)24-9(3-4-12(20)27)15(31)25-10(17(33)34)2-1-5-23-18(21)22/h8-11,35H,1-7,19H2,(H2,20,27)(H,24,32)(H,25,31)(H,26,30)(H,28,29)(H,33,34)(H4,21,22,23). The van der Waals surface area contributed by atoms with Crippen molar-refractivity contribution in [3.8, 4) is 0 Å². The van der Waals surface area contributed by atoms with Crippen LogP contribution in [0.3, 0.4) is 0 Å². The van der Waals surface area contributed by atoms with E-state index in [1.807, 2.05) is 0 Å². The second kappa shape index (κ2) is 16.1. The summed E-state index contributed by atoms with van der Waals surface area (Å²) in [5, 5.41) is 24.9. The van der Waals surface area contributed by atoms with Crippen LogP contribution in [0, 0.1) is 0 Å². The molecule has 0 heterocycles. The molecule has 13 N–H and O–H groups in total. The van der Waals surface area contributed by atoms with Gasteiger partial charge in [0.25, 0.3) is 0 Å². The molecule has 16 nitrogen and oxygen atoms in total. The lowest BCUT2D eigenvalue weighted by Crippen LogP contribution is -2.57. The highest BCUT2D eigenvalue weighted by Crippen LogP contribution is 2.04. The monoisotopic (exact) mass is 520 g/mol. The summed E-state index contributed by atoms with van der Waals surface area (Å²) in [5.74, 6) is -6.63. The lowest BCUT2D eigenvalue weighted by molar-refractivity contribution is -0.142. The van der Waals surface area contributed by atoms with Gasteiger partial charge in [0.1, 0.15) is 18.1 Å². The van der Waals surface area contributed by atoms with Gasteiger partial charge in [0, 0.05) is 18.7 Å². The number of thiol groups is 1. The van der Waals surface area contributed by atoms with Crippen LogP contribution in [0.1, 0.15) is 32.1 Å². The smallest absolute Gasteiger partial charge is 0.326 e. The number of hydrogen-bond donors (Lipinski definition) is 10. The van der Waals surface area contributed by atoms with Gasteiger partial charge in [-0.05, 0) is 19.3 Å². The largest absolute Gasteiger partial charge is 0.481 e. The van der Waals surface area contributed by atoms with Gasteiger partial charge in [0.15, 0.2) is 5.96 Å². The van der Waals surface area contributed by atoms with Crippen molar-refractivity contribution in [2.45, 2.75) is 56.3 Å². The third-order valence-corrected chi connectivity index (χ3v) is 4.78. The first-order valence-electron chi connectivity index (χ1n) is 10.3. The first-order valence-corrected chi connectivity index (χ1v) is 11.0. The highest BCUT2D eigenvalue weighted by Gasteiger charge is 2.30. The van der Waals surface area contributed by atoms with E-state index in [1.54, 1.807) is 0 Å². The van der Waals surface area contributed by atoms with Crippen molar-refractivity contribution in [3.05, 3.63) is 0 Å². The molecular formula is C18H32N8O8S. The number of amides is 4. The van der Waals surface area contributed by atoms with Crippen molar-refractivity contribution >= 4 is 54.2 Å². The van der Waals surface area contributed by atoms with Gasteiger partial charge in [0.2, 0.25) is 23.6 Å². The number of nitrogens with one attached hydrogen (secondary N) is 3. The molecule has 17 heteroatoms. The highest BCUT2D eigenvalue weighted by molar-refractivity contribution is 7.80. The van der Waals surface area contributed by atoms with Crippen LogP contribution < -0.4 is 38.9 Å². The summed E-state index contributed by atoms with van der Waals surface area (Å²) >= 11 is 3.96. The van der Waals surface area contributed by atoms with E-state index in [-0.39, 0.29) is 43.9 Å².